The van der Waals surface area contributed by atoms with Crippen molar-refractivity contribution >= 4 is 45.3 Å². The summed E-state index contributed by atoms with van der Waals surface area (Å²) in [6.45, 7) is 8.37. The zero-order valence-corrected chi connectivity index (χ0v) is 21.4. The van der Waals surface area contributed by atoms with Gasteiger partial charge in [0.05, 0.1) is 28.8 Å². The molecule has 1 aliphatic heterocycles. The number of amides is 3. The van der Waals surface area contributed by atoms with Gasteiger partial charge in [-0.1, -0.05) is 0 Å². The number of nitro groups is 1. The molecule has 0 aromatic carbocycles. The lowest BCUT2D eigenvalue weighted by molar-refractivity contribution is -0.390. The van der Waals surface area contributed by atoms with Crippen molar-refractivity contribution in [2.75, 3.05) is 38.1 Å². The van der Waals surface area contributed by atoms with Crippen LogP contribution in [0.25, 0.3) is 0 Å². The minimum atomic E-state index is -0.630. The standard InChI is InChI=1S/C20H27BrN8O6/c1-5-35-20(32)26-8-6-25(7-9-26)19(31)14(4)27-10-15(12(2)23-27)22-16(30)11-28-13(3)17(21)18(24-28)29(33)34/h10,14H,5-9,11H2,1-4H3,(H,22,30). The molecule has 3 heterocycles. The first kappa shape index (κ1) is 26.1. The van der Waals surface area contributed by atoms with Gasteiger partial charge in [-0.25, -0.2) is 4.79 Å². The quantitative estimate of drug-likeness (QED) is 0.401. The molecule has 0 bridgehead atoms. The number of carbonyl (C=O) groups is 3. The van der Waals surface area contributed by atoms with E-state index in [1.54, 1.807) is 43.7 Å². The zero-order valence-electron chi connectivity index (χ0n) is 19.9. The zero-order chi connectivity index (χ0) is 25.9. The number of nitrogens with one attached hydrogen (secondary N) is 1. The van der Waals surface area contributed by atoms with Crippen LogP contribution in [-0.2, 0) is 20.9 Å². The predicted octanol–water partition coefficient (Wildman–Crippen LogP) is 1.87. The largest absolute Gasteiger partial charge is 0.450 e. The number of nitrogens with zero attached hydrogens (tertiary/aromatic N) is 7. The molecule has 0 radical (unpaired) electrons. The molecule has 2 aromatic heterocycles. The van der Waals surface area contributed by atoms with E-state index in [1.165, 1.54) is 9.36 Å². The van der Waals surface area contributed by atoms with Crippen molar-refractivity contribution in [2.45, 2.75) is 40.3 Å². The summed E-state index contributed by atoms with van der Waals surface area (Å²) < 4.78 is 7.93. The van der Waals surface area contributed by atoms with Gasteiger partial charge in [-0.3, -0.25) is 14.3 Å². The molecule has 3 amide bonds. The van der Waals surface area contributed by atoms with Gasteiger partial charge in [0.25, 0.3) is 0 Å². The molecule has 1 fully saturated rings. The first-order chi connectivity index (χ1) is 16.5. The molecule has 190 valence electrons. The van der Waals surface area contributed by atoms with Crippen molar-refractivity contribution in [1.82, 2.24) is 29.4 Å². The van der Waals surface area contributed by atoms with E-state index in [2.05, 4.69) is 31.4 Å². The van der Waals surface area contributed by atoms with E-state index >= 15 is 0 Å². The second-order valence-electron chi connectivity index (χ2n) is 7.98. The molecule has 1 N–H and O–H groups in total. The summed E-state index contributed by atoms with van der Waals surface area (Å²) in [4.78, 5) is 51.1. The number of hydrogen-bond donors (Lipinski definition) is 1. The molecule has 1 atom stereocenters. The maximum atomic E-state index is 13.0. The van der Waals surface area contributed by atoms with Crippen molar-refractivity contribution < 1.29 is 24.0 Å². The second-order valence-corrected chi connectivity index (χ2v) is 8.77. The summed E-state index contributed by atoms with van der Waals surface area (Å²) in [6, 6.07) is -0.625. The van der Waals surface area contributed by atoms with Crippen LogP contribution >= 0.6 is 15.9 Å². The van der Waals surface area contributed by atoms with Crippen LogP contribution in [0.4, 0.5) is 16.3 Å². The highest BCUT2D eigenvalue weighted by molar-refractivity contribution is 9.10. The lowest BCUT2D eigenvalue weighted by Crippen LogP contribution is -2.52. The Balaban J connectivity index is 1.61. The van der Waals surface area contributed by atoms with Crippen LogP contribution in [0.1, 0.15) is 31.3 Å². The predicted molar refractivity (Wildman–Crippen MR) is 127 cm³/mol. The fourth-order valence-corrected chi connectivity index (χ4v) is 4.04. The van der Waals surface area contributed by atoms with Gasteiger partial charge in [-0.15, -0.1) is 0 Å². The number of aromatic nitrogens is 4. The lowest BCUT2D eigenvalue weighted by Gasteiger charge is -2.35. The first-order valence-electron chi connectivity index (χ1n) is 11.0. The normalized spacial score (nSPS) is 14.5. The van der Waals surface area contributed by atoms with E-state index < -0.39 is 16.9 Å². The van der Waals surface area contributed by atoms with Crippen molar-refractivity contribution in [3.63, 3.8) is 0 Å². The smallest absolute Gasteiger partial charge is 0.409 e. The number of rotatable bonds is 7. The van der Waals surface area contributed by atoms with E-state index in [1.807, 2.05) is 0 Å². The summed E-state index contributed by atoms with van der Waals surface area (Å²) in [6.07, 6.45) is 1.18. The molecule has 14 nitrogen and oxygen atoms in total. The van der Waals surface area contributed by atoms with Gasteiger partial charge in [0.1, 0.15) is 17.1 Å². The highest BCUT2D eigenvalue weighted by Gasteiger charge is 2.29. The fourth-order valence-electron chi connectivity index (χ4n) is 3.61. The number of aryl methyl sites for hydroxylation is 1. The van der Waals surface area contributed by atoms with E-state index in [-0.39, 0.29) is 28.8 Å². The summed E-state index contributed by atoms with van der Waals surface area (Å²) in [5.74, 6) is -0.970. The highest BCUT2D eigenvalue weighted by atomic mass is 79.9. The Morgan fingerprint density at radius 2 is 1.83 bits per heavy atom. The Hall–Kier alpha value is -3.49. The molecule has 1 saturated heterocycles. The van der Waals surface area contributed by atoms with E-state index in [0.29, 0.717) is 49.9 Å². The van der Waals surface area contributed by atoms with Gasteiger partial charge in [-0.05, 0) is 48.5 Å². The van der Waals surface area contributed by atoms with E-state index in [4.69, 9.17) is 4.74 Å². The Labute approximate surface area is 209 Å². The molecule has 3 rings (SSSR count). The van der Waals surface area contributed by atoms with Gasteiger partial charge in [-0.2, -0.15) is 9.78 Å². The Morgan fingerprint density at radius 1 is 1.20 bits per heavy atom. The molecular weight excluding hydrogens is 528 g/mol. The monoisotopic (exact) mass is 554 g/mol. The number of hydrogen-bond acceptors (Lipinski definition) is 8. The van der Waals surface area contributed by atoms with Gasteiger partial charge in [0, 0.05) is 32.4 Å². The fraction of sp³-hybridized carbons (Fsp3) is 0.550. The number of carbonyl (C=O) groups excluding carboxylic acids is 3. The van der Waals surface area contributed by atoms with Gasteiger partial charge < -0.3 is 30.0 Å². The van der Waals surface area contributed by atoms with Crippen LogP contribution in [0.5, 0.6) is 0 Å². The third-order valence-corrected chi connectivity index (χ3v) is 6.57. The van der Waals surface area contributed by atoms with Crippen LogP contribution in [0, 0.1) is 24.0 Å². The summed E-state index contributed by atoms with van der Waals surface area (Å²) >= 11 is 3.12. The SMILES string of the molecule is CCOC(=O)N1CCN(C(=O)C(C)n2cc(NC(=O)Cn3nc([N+](=O)[O-])c(Br)c3C)c(C)n2)CC1. The molecule has 0 aliphatic carbocycles. The van der Waals surface area contributed by atoms with Crippen molar-refractivity contribution in [3.05, 3.63) is 32.2 Å². The Bertz CT molecular complexity index is 1140. The topological polar surface area (TPSA) is 158 Å². The molecule has 35 heavy (non-hydrogen) atoms. The van der Waals surface area contributed by atoms with Gasteiger partial charge >= 0.3 is 11.9 Å². The van der Waals surface area contributed by atoms with E-state index in [0.717, 1.165) is 0 Å². The maximum absolute atomic E-state index is 13.0. The lowest BCUT2D eigenvalue weighted by atomic mass is 10.2. The third-order valence-electron chi connectivity index (χ3n) is 5.65. The van der Waals surface area contributed by atoms with Crippen LogP contribution in [0.15, 0.2) is 10.7 Å². The molecule has 2 aromatic rings. The average molecular weight is 555 g/mol. The van der Waals surface area contributed by atoms with Gasteiger partial charge in [0.2, 0.25) is 11.8 Å². The van der Waals surface area contributed by atoms with E-state index in [9.17, 15) is 24.5 Å². The molecular formula is C20H27BrN8O6. The maximum Gasteiger partial charge on any atom is 0.409 e. The van der Waals surface area contributed by atoms with Crippen LogP contribution in [-0.4, -0.2) is 85.0 Å². The molecule has 1 unspecified atom stereocenters. The average Bonchev–Trinajstić information content (AvgIpc) is 3.32. The Kier molecular flexibility index (Phi) is 8.09. The molecule has 0 spiro atoms. The minimum Gasteiger partial charge on any atom is -0.450 e. The highest BCUT2D eigenvalue weighted by Crippen LogP contribution is 2.27. The van der Waals surface area contributed by atoms with Crippen LogP contribution in [0.3, 0.4) is 0 Å². The molecule has 0 saturated carbocycles. The Morgan fingerprint density at radius 3 is 2.40 bits per heavy atom. The number of anilines is 1. The van der Waals surface area contributed by atoms with Crippen molar-refractivity contribution in [3.8, 4) is 0 Å². The van der Waals surface area contributed by atoms with Crippen molar-refractivity contribution in [2.24, 2.45) is 0 Å². The van der Waals surface area contributed by atoms with Crippen LogP contribution in [0.2, 0.25) is 0 Å². The molecule has 15 heteroatoms. The van der Waals surface area contributed by atoms with Crippen LogP contribution < -0.4 is 5.32 Å². The van der Waals surface area contributed by atoms with Crippen molar-refractivity contribution in [1.29, 1.82) is 0 Å². The summed E-state index contributed by atoms with van der Waals surface area (Å²) in [5.41, 5.74) is 1.37. The van der Waals surface area contributed by atoms with Gasteiger partial charge in [0.15, 0.2) is 0 Å². The summed E-state index contributed by atoms with van der Waals surface area (Å²) in [5, 5.41) is 22.0. The number of piperazine rings is 1. The first-order valence-corrected chi connectivity index (χ1v) is 11.8. The summed E-state index contributed by atoms with van der Waals surface area (Å²) in [7, 11) is 0. The minimum absolute atomic E-state index is 0.154. The number of halogens is 1. The number of ether oxygens (including phenoxy) is 1. The molecule has 1 aliphatic rings. The third kappa shape index (κ3) is 5.78. The second kappa shape index (κ2) is 10.8.